The Hall–Kier alpha value is -1.86. The number of nitrogens with zero attached hydrogens (tertiary/aromatic N) is 1. The van der Waals surface area contributed by atoms with Gasteiger partial charge in [0.1, 0.15) is 0 Å². The summed E-state index contributed by atoms with van der Waals surface area (Å²) < 4.78 is 0. The SMILES string of the molecule is CCCC[C@H](N)C(=O)Nc1cccc(C#N)c1. The molecule has 0 aromatic heterocycles. The zero-order chi connectivity index (χ0) is 12.7. The maximum absolute atomic E-state index is 11.7. The number of carbonyl (C=O) groups is 1. The van der Waals surface area contributed by atoms with Crippen LogP contribution in [0.4, 0.5) is 5.69 Å². The smallest absolute Gasteiger partial charge is 0.241 e. The molecule has 0 heterocycles. The van der Waals surface area contributed by atoms with Crippen molar-refractivity contribution >= 4 is 11.6 Å². The van der Waals surface area contributed by atoms with Gasteiger partial charge in [0.05, 0.1) is 17.7 Å². The monoisotopic (exact) mass is 231 g/mol. The van der Waals surface area contributed by atoms with E-state index in [1.807, 2.05) is 6.07 Å². The molecule has 0 spiro atoms. The van der Waals surface area contributed by atoms with Crippen LogP contribution in [0.25, 0.3) is 0 Å². The molecule has 1 amide bonds. The predicted octanol–water partition coefficient (Wildman–Crippen LogP) is 2.01. The lowest BCUT2D eigenvalue weighted by atomic mass is 10.1. The fourth-order valence-electron chi connectivity index (χ4n) is 1.46. The lowest BCUT2D eigenvalue weighted by Crippen LogP contribution is -2.35. The lowest BCUT2D eigenvalue weighted by molar-refractivity contribution is -0.117. The zero-order valence-electron chi connectivity index (χ0n) is 9.94. The number of amides is 1. The van der Waals surface area contributed by atoms with Gasteiger partial charge in [-0.25, -0.2) is 0 Å². The summed E-state index contributed by atoms with van der Waals surface area (Å²) >= 11 is 0. The van der Waals surface area contributed by atoms with Crippen LogP contribution in [0, 0.1) is 11.3 Å². The molecule has 1 atom stereocenters. The van der Waals surface area contributed by atoms with Crippen molar-refractivity contribution in [2.45, 2.75) is 32.2 Å². The number of hydrogen-bond acceptors (Lipinski definition) is 3. The summed E-state index contributed by atoms with van der Waals surface area (Å²) in [5.41, 5.74) is 6.88. The highest BCUT2D eigenvalue weighted by molar-refractivity contribution is 5.94. The van der Waals surface area contributed by atoms with E-state index in [0.29, 0.717) is 17.7 Å². The Kier molecular flexibility index (Phi) is 5.18. The molecular weight excluding hydrogens is 214 g/mol. The minimum absolute atomic E-state index is 0.200. The van der Waals surface area contributed by atoms with Gasteiger partial charge in [-0.15, -0.1) is 0 Å². The van der Waals surface area contributed by atoms with Crippen molar-refractivity contribution in [2.75, 3.05) is 5.32 Å². The molecular formula is C13H17N3O. The maximum atomic E-state index is 11.7. The van der Waals surface area contributed by atoms with Crippen molar-refractivity contribution in [3.05, 3.63) is 29.8 Å². The number of nitriles is 1. The number of benzene rings is 1. The Morgan fingerprint density at radius 2 is 2.35 bits per heavy atom. The second-order valence-corrected chi connectivity index (χ2v) is 3.93. The summed E-state index contributed by atoms with van der Waals surface area (Å²) in [6, 6.07) is 8.32. The minimum Gasteiger partial charge on any atom is -0.325 e. The summed E-state index contributed by atoms with van der Waals surface area (Å²) in [5, 5.41) is 11.4. The van der Waals surface area contributed by atoms with Crippen LogP contribution in [0.2, 0.25) is 0 Å². The van der Waals surface area contributed by atoms with Gasteiger partial charge in [0.25, 0.3) is 0 Å². The third-order valence-corrected chi connectivity index (χ3v) is 2.46. The van der Waals surface area contributed by atoms with E-state index in [-0.39, 0.29) is 5.91 Å². The maximum Gasteiger partial charge on any atom is 0.241 e. The molecule has 3 N–H and O–H groups in total. The first-order valence-corrected chi connectivity index (χ1v) is 5.74. The number of rotatable bonds is 5. The number of nitrogens with one attached hydrogen (secondary N) is 1. The van der Waals surface area contributed by atoms with Gasteiger partial charge in [-0.1, -0.05) is 25.8 Å². The van der Waals surface area contributed by atoms with Crippen molar-refractivity contribution in [2.24, 2.45) is 5.73 Å². The van der Waals surface area contributed by atoms with E-state index < -0.39 is 6.04 Å². The predicted molar refractivity (Wildman–Crippen MR) is 67.3 cm³/mol. The molecule has 0 fully saturated rings. The Bertz CT molecular complexity index is 423. The number of anilines is 1. The van der Waals surface area contributed by atoms with Crippen LogP contribution in [0.3, 0.4) is 0 Å². The average molecular weight is 231 g/mol. The molecule has 1 aromatic rings. The lowest BCUT2D eigenvalue weighted by Gasteiger charge is -2.11. The van der Waals surface area contributed by atoms with Gasteiger partial charge in [-0.05, 0) is 24.6 Å². The summed E-state index contributed by atoms with van der Waals surface area (Å²) in [7, 11) is 0. The van der Waals surface area contributed by atoms with E-state index >= 15 is 0 Å². The first-order valence-electron chi connectivity index (χ1n) is 5.74. The molecule has 0 saturated carbocycles. The van der Waals surface area contributed by atoms with E-state index in [4.69, 9.17) is 11.0 Å². The van der Waals surface area contributed by atoms with Crippen LogP contribution in [0.15, 0.2) is 24.3 Å². The standard InChI is InChI=1S/C13H17N3O/c1-2-3-7-12(15)13(17)16-11-6-4-5-10(8-11)9-14/h4-6,8,12H,2-3,7,15H2,1H3,(H,16,17)/t12-/m0/s1. The number of nitrogens with two attached hydrogens (primary N) is 1. The van der Waals surface area contributed by atoms with Crippen molar-refractivity contribution in [3.8, 4) is 6.07 Å². The number of hydrogen-bond donors (Lipinski definition) is 2. The summed E-state index contributed by atoms with van der Waals surface area (Å²) in [4.78, 5) is 11.7. The van der Waals surface area contributed by atoms with Crippen LogP contribution >= 0.6 is 0 Å². The fraction of sp³-hybridized carbons (Fsp3) is 0.385. The van der Waals surface area contributed by atoms with Gasteiger partial charge in [-0.2, -0.15) is 5.26 Å². The van der Waals surface area contributed by atoms with Gasteiger partial charge in [0, 0.05) is 5.69 Å². The number of unbranched alkanes of at least 4 members (excludes halogenated alkanes) is 1. The topological polar surface area (TPSA) is 78.9 Å². The van der Waals surface area contributed by atoms with Gasteiger partial charge >= 0.3 is 0 Å². The van der Waals surface area contributed by atoms with Crippen molar-refractivity contribution < 1.29 is 4.79 Å². The molecule has 0 aliphatic rings. The quantitative estimate of drug-likeness (QED) is 0.813. The van der Waals surface area contributed by atoms with Gasteiger partial charge in [0.2, 0.25) is 5.91 Å². The van der Waals surface area contributed by atoms with E-state index in [1.165, 1.54) is 0 Å². The second kappa shape index (κ2) is 6.66. The molecule has 0 radical (unpaired) electrons. The van der Waals surface area contributed by atoms with Crippen molar-refractivity contribution in [1.82, 2.24) is 0 Å². The Labute approximate surface area is 101 Å². The first kappa shape index (κ1) is 13.2. The average Bonchev–Trinajstić information content (AvgIpc) is 2.36. The zero-order valence-corrected chi connectivity index (χ0v) is 9.94. The molecule has 90 valence electrons. The molecule has 0 saturated heterocycles. The van der Waals surface area contributed by atoms with Crippen LogP contribution in [-0.2, 0) is 4.79 Å². The van der Waals surface area contributed by atoms with Gasteiger partial charge in [0.15, 0.2) is 0 Å². The van der Waals surface area contributed by atoms with E-state index in [9.17, 15) is 4.79 Å². The largest absolute Gasteiger partial charge is 0.325 e. The van der Waals surface area contributed by atoms with Crippen LogP contribution < -0.4 is 11.1 Å². The number of carbonyl (C=O) groups excluding carboxylic acids is 1. The minimum atomic E-state index is -0.485. The van der Waals surface area contributed by atoms with Crippen molar-refractivity contribution in [1.29, 1.82) is 5.26 Å². The van der Waals surface area contributed by atoms with E-state index in [2.05, 4.69) is 12.2 Å². The first-order chi connectivity index (χ1) is 8.17. The van der Waals surface area contributed by atoms with Gasteiger partial charge < -0.3 is 11.1 Å². The third-order valence-electron chi connectivity index (χ3n) is 2.46. The molecule has 4 heteroatoms. The Morgan fingerprint density at radius 1 is 1.59 bits per heavy atom. The van der Waals surface area contributed by atoms with Gasteiger partial charge in [-0.3, -0.25) is 4.79 Å². The highest BCUT2D eigenvalue weighted by Crippen LogP contribution is 2.10. The Morgan fingerprint density at radius 3 is 3.00 bits per heavy atom. The van der Waals surface area contributed by atoms with E-state index in [0.717, 1.165) is 12.8 Å². The van der Waals surface area contributed by atoms with E-state index in [1.54, 1.807) is 24.3 Å². The van der Waals surface area contributed by atoms with Crippen LogP contribution in [0.5, 0.6) is 0 Å². The molecule has 1 aromatic carbocycles. The van der Waals surface area contributed by atoms with Crippen LogP contribution in [-0.4, -0.2) is 11.9 Å². The second-order valence-electron chi connectivity index (χ2n) is 3.93. The molecule has 0 unspecified atom stereocenters. The highest BCUT2D eigenvalue weighted by atomic mass is 16.2. The normalized spacial score (nSPS) is 11.6. The molecule has 0 aliphatic carbocycles. The van der Waals surface area contributed by atoms with Crippen molar-refractivity contribution in [3.63, 3.8) is 0 Å². The molecule has 0 aliphatic heterocycles. The molecule has 17 heavy (non-hydrogen) atoms. The third kappa shape index (κ3) is 4.25. The molecule has 1 rings (SSSR count). The molecule has 0 bridgehead atoms. The van der Waals surface area contributed by atoms with Crippen LogP contribution in [0.1, 0.15) is 31.7 Å². The summed E-state index contributed by atoms with van der Waals surface area (Å²) in [6.45, 7) is 2.06. The summed E-state index contributed by atoms with van der Waals surface area (Å²) in [6.07, 6.45) is 2.64. The Balaban J connectivity index is 2.58. The highest BCUT2D eigenvalue weighted by Gasteiger charge is 2.12. The molecule has 4 nitrogen and oxygen atoms in total. The summed E-state index contributed by atoms with van der Waals surface area (Å²) in [5.74, 6) is -0.200. The fourth-order valence-corrected chi connectivity index (χ4v) is 1.46.